The average molecular weight is 432 g/mol. The Labute approximate surface area is 179 Å². The van der Waals surface area contributed by atoms with Gasteiger partial charge in [0.15, 0.2) is 0 Å². The summed E-state index contributed by atoms with van der Waals surface area (Å²) in [5.41, 5.74) is 1.33. The Bertz CT molecular complexity index is 963. The summed E-state index contributed by atoms with van der Waals surface area (Å²) in [6.45, 7) is 4.24. The van der Waals surface area contributed by atoms with Gasteiger partial charge in [-0.15, -0.1) is 0 Å². The fourth-order valence-electron chi connectivity index (χ4n) is 3.29. The summed E-state index contributed by atoms with van der Waals surface area (Å²) in [5.74, 6) is -1.48. The summed E-state index contributed by atoms with van der Waals surface area (Å²) in [6, 6.07) is 9.24. The maximum Gasteiger partial charge on any atom is 0.251 e. The van der Waals surface area contributed by atoms with Gasteiger partial charge in [0.25, 0.3) is 5.91 Å². The van der Waals surface area contributed by atoms with Gasteiger partial charge in [-0.25, -0.2) is 4.39 Å². The van der Waals surface area contributed by atoms with Crippen molar-refractivity contribution in [3.8, 4) is 0 Å². The molecule has 1 aliphatic rings. The van der Waals surface area contributed by atoms with Crippen LogP contribution in [0.2, 0.25) is 5.02 Å². The van der Waals surface area contributed by atoms with Crippen molar-refractivity contribution < 1.29 is 18.8 Å². The Morgan fingerprint density at radius 1 is 1.13 bits per heavy atom. The van der Waals surface area contributed by atoms with E-state index in [0.29, 0.717) is 29.4 Å². The van der Waals surface area contributed by atoms with E-state index < -0.39 is 23.7 Å². The zero-order valence-corrected chi connectivity index (χ0v) is 17.5. The molecular formula is C22H23ClFN3O3. The molecule has 2 N–H and O–H groups in total. The molecule has 1 saturated heterocycles. The largest absolute Gasteiger partial charge is 0.340 e. The highest BCUT2D eigenvalue weighted by Gasteiger charge is 2.26. The summed E-state index contributed by atoms with van der Waals surface area (Å²) in [4.78, 5) is 38.8. The highest BCUT2D eigenvalue weighted by molar-refractivity contribution is 6.34. The van der Waals surface area contributed by atoms with E-state index in [4.69, 9.17) is 11.6 Å². The van der Waals surface area contributed by atoms with Crippen LogP contribution in [0.25, 0.3) is 0 Å². The molecule has 0 radical (unpaired) electrons. The van der Waals surface area contributed by atoms with Crippen molar-refractivity contribution in [2.75, 3.05) is 16.8 Å². The van der Waals surface area contributed by atoms with Gasteiger partial charge in [0.1, 0.15) is 11.9 Å². The summed E-state index contributed by atoms with van der Waals surface area (Å²) in [7, 11) is 0. The summed E-state index contributed by atoms with van der Waals surface area (Å²) in [6.07, 6.45) is 1.29. The van der Waals surface area contributed by atoms with Crippen molar-refractivity contribution in [3.05, 3.63) is 58.9 Å². The molecule has 1 fully saturated rings. The molecule has 0 saturated carbocycles. The van der Waals surface area contributed by atoms with Crippen LogP contribution in [0.4, 0.5) is 15.8 Å². The van der Waals surface area contributed by atoms with Crippen molar-refractivity contribution in [1.29, 1.82) is 0 Å². The number of amides is 3. The van der Waals surface area contributed by atoms with Gasteiger partial charge in [-0.1, -0.05) is 25.4 Å². The second kappa shape index (κ2) is 9.26. The molecule has 6 nitrogen and oxygen atoms in total. The number of carbonyl (C=O) groups is 3. The van der Waals surface area contributed by atoms with Crippen LogP contribution in [-0.2, 0) is 9.59 Å². The van der Waals surface area contributed by atoms with Crippen molar-refractivity contribution in [2.24, 2.45) is 5.92 Å². The van der Waals surface area contributed by atoms with Crippen LogP contribution in [0.1, 0.15) is 37.0 Å². The molecule has 8 heteroatoms. The maximum atomic E-state index is 13.1. The van der Waals surface area contributed by atoms with Crippen LogP contribution < -0.4 is 15.5 Å². The lowest BCUT2D eigenvalue weighted by Gasteiger charge is -2.22. The molecule has 0 aliphatic carbocycles. The summed E-state index contributed by atoms with van der Waals surface area (Å²) < 4.78 is 13.1. The third kappa shape index (κ3) is 4.97. The summed E-state index contributed by atoms with van der Waals surface area (Å²) >= 11 is 6.33. The van der Waals surface area contributed by atoms with Crippen molar-refractivity contribution >= 4 is 40.7 Å². The van der Waals surface area contributed by atoms with Crippen LogP contribution in [0.5, 0.6) is 0 Å². The maximum absolute atomic E-state index is 13.1. The minimum atomic E-state index is -0.804. The van der Waals surface area contributed by atoms with E-state index in [2.05, 4.69) is 10.6 Å². The monoisotopic (exact) mass is 431 g/mol. The van der Waals surface area contributed by atoms with E-state index in [-0.39, 0.29) is 17.4 Å². The molecule has 0 bridgehead atoms. The molecule has 0 spiro atoms. The van der Waals surface area contributed by atoms with Crippen molar-refractivity contribution in [1.82, 2.24) is 5.32 Å². The van der Waals surface area contributed by atoms with E-state index in [0.717, 1.165) is 6.42 Å². The number of halogens is 2. The minimum absolute atomic E-state index is 0.0251. The van der Waals surface area contributed by atoms with Gasteiger partial charge in [-0.3, -0.25) is 14.4 Å². The topological polar surface area (TPSA) is 78.5 Å². The van der Waals surface area contributed by atoms with Crippen LogP contribution in [0.15, 0.2) is 42.5 Å². The lowest BCUT2D eigenvalue weighted by molar-refractivity contribution is -0.119. The molecule has 2 aromatic rings. The Hall–Kier alpha value is -2.93. The molecule has 0 aromatic heterocycles. The van der Waals surface area contributed by atoms with Gasteiger partial charge in [0, 0.05) is 24.2 Å². The van der Waals surface area contributed by atoms with Gasteiger partial charge in [0.05, 0.1) is 10.7 Å². The molecular weight excluding hydrogens is 409 g/mol. The third-order valence-electron chi connectivity index (χ3n) is 4.92. The number of nitrogens with one attached hydrogen (secondary N) is 2. The predicted octanol–water partition coefficient (Wildman–Crippen LogP) is 4.00. The van der Waals surface area contributed by atoms with E-state index >= 15 is 0 Å². The highest BCUT2D eigenvalue weighted by Crippen LogP contribution is 2.31. The van der Waals surface area contributed by atoms with Crippen molar-refractivity contribution in [2.45, 2.75) is 32.7 Å². The molecule has 1 unspecified atom stereocenters. The number of nitrogens with zero attached hydrogens (tertiary/aromatic N) is 1. The smallest absolute Gasteiger partial charge is 0.251 e. The molecule has 158 valence electrons. The molecule has 30 heavy (non-hydrogen) atoms. The number of anilines is 2. The first-order valence-corrected chi connectivity index (χ1v) is 10.1. The van der Waals surface area contributed by atoms with Crippen molar-refractivity contribution in [3.63, 3.8) is 0 Å². The number of hydrogen-bond donors (Lipinski definition) is 2. The molecule has 1 aliphatic heterocycles. The molecule has 1 atom stereocenters. The lowest BCUT2D eigenvalue weighted by Crippen LogP contribution is -2.47. The molecule has 2 aromatic carbocycles. The van der Waals surface area contributed by atoms with Gasteiger partial charge >= 0.3 is 0 Å². The van der Waals surface area contributed by atoms with E-state index in [9.17, 15) is 18.8 Å². The fraction of sp³-hybridized carbons (Fsp3) is 0.318. The second-order valence-electron chi connectivity index (χ2n) is 7.51. The number of rotatable bonds is 6. The van der Waals surface area contributed by atoms with E-state index in [1.165, 1.54) is 24.3 Å². The van der Waals surface area contributed by atoms with Gasteiger partial charge in [0.2, 0.25) is 11.8 Å². The van der Waals surface area contributed by atoms with Gasteiger partial charge in [-0.05, 0) is 54.8 Å². The first kappa shape index (κ1) is 21.8. The van der Waals surface area contributed by atoms with Crippen LogP contribution >= 0.6 is 11.6 Å². The van der Waals surface area contributed by atoms with E-state index in [1.807, 2.05) is 13.8 Å². The van der Waals surface area contributed by atoms with E-state index in [1.54, 1.807) is 23.1 Å². The SMILES string of the molecule is CC(C)C(NC(=O)c1ccc(F)cc1)C(=O)Nc1ccc(N2CCCC2=O)c(Cl)c1. The highest BCUT2D eigenvalue weighted by atomic mass is 35.5. The Morgan fingerprint density at radius 3 is 2.40 bits per heavy atom. The minimum Gasteiger partial charge on any atom is -0.340 e. The van der Waals surface area contributed by atoms with Crippen LogP contribution in [0, 0.1) is 11.7 Å². The van der Waals surface area contributed by atoms with Gasteiger partial charge < -0.3 is 15.5 Å². The van der Waals surface area contributed by atoms with Crippen LogP contribution in [0.3, 0.4) is 0 Å². The molecule has 1 heterocycles. The summed E-state index contributed by atoms with van der Waals surface area (Å²) in [5, 5.41) is 5.81. The lowest BCUT2D eigenvalue weighted by atomic mass is 10.0. The number of carbonyl (C=O) groups excluding carboxylic acids is 3. The van der Waals surface area contributed by atoms with Gasteiger partial charge in [-0.2, -0.15) is 0 Å². The third-order valence-corrected chi connectivity index (χ3v) is 5.22. The Kier molecular flexibility index (Phi) is 6.72. The quantitative estimate of drug-likeness (QED) is 0.725. The zero-order valence-electron chi connectivity index (χ0n) is 16.7. The normalized spacial score (nSPS) is 14.7. The first-order chi connectivity index (χ1) is 14.3. The van der Waals surface area contributed by atoms with Crippen LogP contribution in [-0.4, -0.2) is 30.3 Å². The number of hydrogen-bond acceptors (Lipinski definition) is 3. The molecule has 3 amide bonds. The average Bonchev–Trinajstić information content (AvgIpc) is 3.12. The zero-order chi connectivity index (χ0) is 21.8. The first-order valence-electron chi connectivity index (χ1n) is 9.73. The fourth-order valence-corrected chi connectivity index (χ4v) is 3.57. The second-order valence-corrected chi connectivity index (χ2v) is 7.91. The predicted molar refractivity (Wildman–Crippen MR) is 114 cm³/mol. The number of benzene rings is 2. The Morgan fingerprint density at radius 2 is 1.83 bits per heavy atom. The molecule has 3 rings (SSSR count). The standard InChI is InChI=1S/C22H23ClFN3O3/c1-13(2)20(26-21(29)14-5-7-15(24)8-6-14)22(30)25-16-9-10-18(17(23)12-16)27-11-3-4-19(27)28/h5-10,12-13,20H,3-4,11H2,1-2H3,(H,25,30)(H,26,29). The Balaban J connectivity index is 1.70.